The number of halogens is 1. The zero-order chi connectivity index (χ0) is 18.6. The average molecular weight is 399 g/mol. The topological polar surface area (TPSA) is 89.9 Å². The second-order valence-corrected chi connectivity index (χ2v) is 6.82. The number of likely N-dealkylation sites (tertiary alicyclic amines) is 1. The van der Waals surface area contributed by atoms with Crippen LogP contribution in [-0.2, 0) is 11.3 Å². The van der Waals surface area contributed by atoms with Crippen molar-refractivity contribution in [2.24, 2.45) is 11.7 Å². The van der Waals surface area contributed by atoms with E-state index in [-0.39, 0.29) is 36.7 Å². The van der Waals surface area contributed by atoms with Crippen LogP contribution < -0.4 is 5.73 Å². The van der Waals surface area contributed by atoms with Crippen LogP contribution in [0.2, 0.25) is 0 Å². The number of nitrogens with zero attached hydrogens (tertiary/aromatic N) is 5. The molecule has 0 unspecified atom stereocenters. The number of rotatable bonds is 5. The van der Waals surface area contributed by atoms with E-state index in [1.165, 1.54) is 10.4 Å². The Balaban J connectivity index is 0.00000225. The fourth-order valence-electron chi connectivity index (χ4n) is 3.63. The summed E-state index contributed by atoms with van der Waals surface area (Å²) >= 11 is 0. The number of carbonyl (C=O) groups excluding carboxylic acids is 1. The van der Waals surface area contributed by atoms with Crippen molar-refractivity contribution >= 4 is 18.3 Å². The fraction of sp³-hybridized carbons (Fsp3) is 0.300. The van der Waals surface area contributed by atoms with E-state index in [9.17, 15) is 4.79 Å². The number of carbonyl (C=O) groups is 1. The minimum Gasteiger partial charge on any atom is -0.340 e. The minimum absolute atomic E-state index is 0. The summed E-state index contributed by atoms with van der Waals surface area (Å²) in [5.74, 6) is 1.04. The molecule has 0 radical (unpaired) electrons. The first-order chi connectivity index (χ1) is 13.2. The van der Waals surface area contributed by atoms with Crippen LogP contribution in [-0.4, -0.2) is 50.6 Å². The van der Waals surface area contributed by atoms with Crippen LogP contribution in [0, 0.1) is 5.92 Å². The summed E-state index contributed by atoms with van der Waals surface area (Å²) in [4.78, 5) is 16.0. The van der Waals surface area contributed by atoms with Crippen LogP contribution >= 0.6 is 12.4 Å². The second kappa shape index (κ2) is 8.95. The Labute approximate surface area is 169 Å². The number of amides is 1. The molecule has 1 amide bonds. The Morgan fingerprint density at radius 3 is 2.39 bits per heavy atom. The predicted molar refractivity (Wildman–Crippen MR) is 109 cm³/mol. The number of benzene rings is 2. The lowest BCUT2D eigenvalue weighted by Gasteiger charge is -2.16. The van der Waals surface area contributed by atoms with Crippen molar-refractivity contribution in [3.63, 3.8) is 0 Å². The Kier molecular flexibility index (Phi) is 6.38. The molecule has 0 saturated carbocycles. The molecule has 0 spiro atoms. The van der Waals surface area contributed by atoms with Crippen LogP contribution in [0.1, 0.15) is 11.5 Å². The van der Waals surface area contributed by atoms with Crippen LogP contribution in [0.5, 0.6) is 0 Å². The highest BCUT2D eigenvalue weighted by molar-refractivity contribution is 5.85. The lowest BCUT2D eigenvalue weighted by Crippen LogP contribution is -2.33. The van der Waals surface area contributed by atoms with Crippen molar-refractivity contribution in [3.8, 4) is 11.4 Å². The number of hydrogen-bond donors (Lipinski definition) is 1. The van der Waals surface area contributed by atoms with Crippen LogP contribution in [0.3, 0.4) is 0 Å². The van der Waals surface area contributed by atoms with E-state index >= 15 is 0 Å². The summed E-state index contributed by atoms with van der Waals surface area (Å²) in [7, 11) is 0. The van der Waals surface area contributed by atoms with Crippen molar-refractivity contribution < 1.29 is 4.79 Å². The first-order valence-corrected chi connectivity index (χ1v) is 9.10. The van der Waals surface area contributed by atoms with Crippen molar-refractivity contribution in [2.75, 3.05) is 19.6 Å². The summed E-state index contributed by atoms with van der Waals surface area (Å²) < 4.78 is 0. The molecule has 2 heterocycles. The first kappa shape index (κ1) is 20.0. The Hall–Kier alpha value is -2.77. The van der Waals surface area contributed by atoms with Gasteiger partial charge in [0, 0.05) is 24.6 Å². The third-order valence-corrected chi connectivity index (χ3v) is 5.09. The van der Waals surface area contributed by atoms with Gasteiger partial charge in [-0.15, -0.1) is 22.6 Å². The van der Waals surface area contributed by atoms with Gasteiger partial charge in [0.15, 0.2) is 0 Å². The third kappa shape index (κ3) is 4.21. The zero-order valence-electron chi connectivity index (χ0n) is 15.4. The minimum atomic E-state index is -0.0103. The summed E-state index contributed by atoms with van der Waals surface area (Å²) in [6, 6.07) is 19.9. The fourth-order valence-corrected chi connectivity index (χ4v) is 3.63. The molecule has 1 aromatic heterocycles. The first-order valence-electron chi connectivity index (χ1n) is 9.10. The number of aromatic nitrogens is 4. The second-order valence-electron chi connectivity index (χ2n) is 6.82. The number of tetrazole rings is 1. The van der Waals surface area contributed by atoms with E-state index in [0.29, 0.717) is 25.5 Å². The molecule has 146 valence electrons. The van der Waals surface area contributed by atoms with Crippen LogP contribution in [0.15, 0.2) is 60.7 Å². The molecule has 2 atom stereocenters. The molecule has 28 heavy (non-hydrogen) atoms. The predicted octanol–water partition coefficient (Wildman–Crippen LogP) is 1.96. The van der Waals surface area contributed by atoms with Gasteiger partial charge in [-0.1, -0.05) is 60.7 Å². The van der Waals surface area contributed by atoms with Gasteiger partial charge >= 0.3 is 0 Å². The molecule has 7 nitrogen and oxygen atoms in total. The zero-order valence-corrected chi connectivity index (χ0v) is 16.2. The molecule has 1 aliphatic rings. The van der Waals surface area contributed by atoms with Crippen LogP contribution in [0.4, 0.5) is 0 Å². The van der Waals surface area contributed by atoms with Gasteiger partial charge in [-0.25, -0.2) is 0 Å². The Morgan fingerprint density at radius 2 is 1.71 bits per heavy atom. The highest BCUT2D eigenvalue weighted by Crippen LogP contribution is 2.32. The molecule has 8 heteroatoms. The monoisotopic (exact) mass is 398 g/mol. The van der Waals surface area contributed by atoms with Gasteiger partial charge in [-0.05, 0) is 23.2 Å². The molecular formula is C20H23ClN6O. The molecule has 3 aromatic rings. The van der Waals surface area contributed by atoms with Gasteiger partial charge in [-0.2, -0.15) is 4.80 Å². The molecule has 4 rings (SSSR count). The van der Waals surface area contributed by atoms with E-state index in [1.54, 1.807) is 0 Å². The Bertz CT molecular complexity index is 901. The molecule has 1 saturated heterocycles. The van der Waals surface area contributed by atoms with Crippen molar-refractivity contribution in [1.29, 1.82) is 0 Å². The molecule has 2 N–H and O–H groups in total. The highest BCUT2D eigenvalue weighted by atomic mass is 35.5. The maximum Gasteiger partial charge on any atom is 0.246 e. The van der Waals surface area contributed by atoms with E-state index in [2.05, 4.69) is 27.5 Å². The van der Waals surface area contributed by atoms with Gasteiger partial charge in [0.1, 0.15) is 6.54 Å². The van der Waals surface area contributed by atoms with E-state index < -0.39 is 0 Å². The lowest BCUT2D eigenvalue weighted by atomic mass is 9.89. The van der Waals surface area contributed by atoms with Crippen LogP contribution in [0.25, 0.3) is 11.4 Å². The molecule has 0 aliphatic carbocycles. The van der Waals surface area contributed by atoms with Gasteiger partial charge < -0.3 is 10.6 Å². The van der Waals surface area contributed by atoms with E-state index in [4.69, 9.17) is 5.73 Å². The third-order valence-electron chi connectivity index (χ3n) is 5.09. The van der Waals surface area contributed by atoms with Crippen molar-refractivity contribution in [1.82, 2.24) is 25.1 Å². The van der Waals surface area contributed by atoms with Gasteiger partial charge in [0.2, 0.25) is 11.7 Å². The standard InChI is InChI=1S/C20H22N6O.ClH/c21-11-17-12-25(13-18(17)15-7-3-1-4-8-15)19(27)14-26-23-20(22-24-26)16-9-5-2-6-10-16;/h1-10,17-18H,11-14,21H2;1H/t17-,18+;/m1./s1. The van der Waals surface area contributed by atoms with Gasteiger partial charge in [0.05, 0.1) is 0 Å². The van der Waals surface area contributed by atoms with E-state index in [1.807, 2.05) is 53.4 Å². The maximum atomic E-state index is 12.8. The number of hydrogen-bond acceptors (Lipinski definition) is 5. The molecule has 2 aromatic carbocycles. The smallest absolute Gasteiger partial charge is 0.246 e. The normalized spacial score (nSPS) is 18.7. The summed E-state index contributed by atoms with van der Waals surface area (Å²) in [5, 5.41) is 12.4. The SMILES string of the molecule is Cl.NC[C@@H]1CN(C(=O)Cn2nnc(-c3ccccc3)n2)C[C@H]1c1ccccc1. The summed E-state index contributed by atoms with van der Waals surface area (Å²) in [5.41, 5.74) is 8.08. The lowest BCUT2D eigenvalue weighted by molar-refractivity contribution is -0.131. The largest absolute Gasteiger partial charge is 0.340 e. The average Bonchev–Trinajstić information content (AvgIpc) is 3.36. The summed E-state index contributed by atoms with van der Waals surface area (Å²) in [6.07, 6.45) is 0. The molecule has 1 aliphatic heterocycles. The van der Waals surface area contributed by atoms with Crippen molar-refractivity contribution in [2.45, 2.75) is 12.5 Å². The molecular weight excluding hydrogens is 376 g/mol. The summed E-state index contributed by atoms with van der Waals surface area (Å²) in [6.45, 7) is 1.97. The molecule has 1 fully saturated rings. The maximum absolute atomic E-state index is 12.8. The van der Waals surface area contributed by atoms with Gasteiger partial charge in [-0.3, -0.25) is 4.79 Å². The Morgan fingerprint density at radius 1 is 1.04 bits per heavy atom. The van der Waals surface area contributed by atoms with Crippen molar-refractivity contribution in [3.05, 3.63) is 66.2 Å². The van der Waals surface area contributed by atoms with E-state index in [0.717, 1.165) is 5.56 Å². The van der Waals surface area contributed by atoms with Gasteiger partial charge in [0.25, 0.3) is 0 Å². The quantitative estimate of drug-likeness (QED) is 0.709. The molecule has 0 bridgehead atoms. The number of nitrogens with two attached hydrogens (primary N) is 1. The highest BCUT2D eigenvalue weighted by Gasteiger charge is 2.35.